The topological polar surface area (TPSA) is 12.9 Å². The molecular weight excluding hydrogens is 158 g/mol. The maximum Gasteiger partial charge on any atom is 0.0494 e. The number of aromatic nitrogens is 1. The average molecular weight is 170 g/mol. The standard InChI is InChI=1S/C9H12ClN/c1-6-4-7(2)11-8(3)9(6)5-10/h4H,5H2,1-3H3. The minimum Gasteiger partial charge on any atom is -0.258 e. The molecule has 0 aliphatic rings. The smallest absolute Gasteiger partial charge is 0.0494 e. The lowest BCUT2D eigenvalue weighted by Crippen LogP contribution is -1.95. The highest BCUT2D eigenvalue weighted by Gasteiger charge is 2.02. The van der Waals surface area contributed by atoms with Crippen LogP contribution in [0.3, 0.4) is 0 Å². The Bertz CT molecular complexity index is 245. The van der Waals surface area contributed by atoms with E-state index < -0.39 is 0 Å². The minimum atomic E-state index is 0.560. The number of pyridine rings is 1. The van der Waals surface area contributed by atoms with E-state index in [-0.39, 0.29) is 0 Å². The molecule has 1 rings (SSSR count). The molecule has 60 valence electrons. The molecule has 1 aromatic rings. The second-order valence-electron chi connectivity index (χ2n) is 2.78. The second-order valence-corrected chi connectivity index (χ2v) is 3.05. The van der Waals surface area contributed by atoms with Crippen LogP contribution in [0.15, 0.2) is 6.07 Å². The molecule has 0 aliphatic heterocycles. The van der Waals surface area contributed by atoms with Gasteiger partial charge in [-0.1, -0.05) is 0 Å². The van der Waals surface area contributed by atoms with Crippen LogP contribution in [0.4, 0.5) is 0 Å². The lowest BCUT2D eigenvalue weighted by molar-refractivity contribution is 1.05. The van der Waals surface area contributed by atoms with Crippen LogP contribution in [0.25, 0.3) is 0 Å². The average Bonchev–Trinajstić information content (AvgIpc) is 1.85. The highest BCUT2D eigenvalue weighted by Crippen LogP contribution is 2.14. The largest absolute Gasteiger partial charge is 0.258 e. The van der Waals surface area contributed by atoms with E-state index >= 15 is 0 Å². The van der Waals surface area contributed by atoms with Crippen molar-refractivity contribution < 1.29 is 0 Å². The van der Waals surface area contributed by atoms with Gasteiger partial charge in [0.25, 0.3) is 0 Å². The Balaban J connectivity index is 3.25. The van der Waals surface area contributed by atoms with E-state index in [0.717, 1.165) is 17.0 Å². The number of rotatable bonds is 1. The number of aryl methyl sites for hydroxylation is 3. The third kappa shape index (κ3) is 1.72. The third-order valence-electron chi connectivity index (χ3n) is 1.82. The molecule has 0 aromatic carbocycles. The van der Waals surface area contributed by atoms with Gasteiger partial charge in [0, 0.05) is 17.3 Å². The van der Waals surface area contributed by atoms with Crippen LogP contribution in [0.2, 0.25) is 0 Å². The van der Waals surface area contributed by atoms with Crippen molar-refractivity contribution in [1.82, 2.24) is 4.98 Å². The molecule has 0 amide bonds. The fourth-order valence-corrected chi connectivity index (χ4v) is 1.66. The third-order valence-corrected chi connectivity index (χ3v) is 2.08. The van der Waals surface area contributed by atoms with Crippen molar-refractivity contribution in [1.29, 1.82) is 0 Å². The summed E-state index contributed by atoms with van der Waals surface area (Å²) in [6, 6.07) is 2.06. The maximum absolute atomic E-state index is 5.75. The summed E-state index contributed by atoms with van der Waals surface area (Å²) in [6.45, 7) is 6.06. The lowest BCUT2D eigenvalue weighted by Gasteiger charge is -2.06. The first-order valence-electron chi connectivity index (χ1n) is 3.65. The Morgan fingerprint density at radius 3 is 2.45 bits per heavy atom. The summed E-state index contributed by atoms with van der Waals surface area (Å²) in [5.74, 6) is 0.560. The fourth-order valence-electron chi connectivity index (χ4n) is 1.25. The molecule has 2 heteroatoms. The summed E-state index contributed by atoms with van der Waals surface area (Å²) in [5, 5.41) is 0. The number of hydrogen-bond acceptors (Lipinski definition) is 1. The van der Waals surface area contributed by atoms with Crippen LogP contribution in [0, 0.1) is 20.8 Å². The van der Waals surface area contributed by atoms with Crippen molar-refractivity contribution in [2.75, 3.05) is 0 Å². The summed E-state index contributed by atoms with van der Waals surface area (Å²) < 4.78 is 0. The van der Waals surface area contributed by atoms with Crippen molar-refractivity contribution in [3.8, 4) is 0 Å². The predicted octanol–water partition coefficient (Wildman–Crippen LogP) is 2.75. The van der Waals surface area contributed by atoms with Gasteiger partial charge < -0.3 is 0 Å². The van der Waals surface area contributed by atoms with Gasteiger partial charge in [-0.15, -0.1) is 11.6 Å². The number of halogens is 1. The van der Waals surface area contributed by atoms with E-state index in [0.29, 0.717) is 5.88 Å². The van der Waals surface area contributed by atoms with Gasteiger partial charge in [-0.2, -0.15) is 0 Å². The van der Waals surface area contributed by atoms with Gasteiger partial charge in [0.05, 0.1) is 0 Å². The zero-order chi connectivity index (χ0) is 8.43. The molecule has 0 aliphatic carbocycles. The van der Waals surface area contributed by atoms with Gasteiger partial charge in [0.2, 0.25) is 0 Å². The van der Waals surface area contributed by atoms with E-state index in [1.807, 2.05) is 13.8 Å². The highest BCUT2D eigenvalue weighted by atomic mass is 35.5. The van der Waals surface area contributed by atoms with Crippen LogP contribution < -0.4 is 0 Å². The zero-order valence-electron chi connectivity index (χ0n) is 7.11. The van der Waals surface area contributed by atoms with Gasteiger partial charge in [-0.05, 0) is 38.0 Å². The molecule has 0 saturated carbocycles. The Morgan fingerprint density at radius 2 is 2.00 bits per heavy atom. The van der Waals surface area contributed by atoms with Crippen molar-refractivity contribution in [3.05, 3.63) is 28.6 Å². The molecule has 1 heterocycles. The predicted molar refractivity (Wildman–Crippen MR) is 48.0 cm³/mol. The highest BCUT2D eigenvalue weighted by molar-refractivity contribution is 6.17. The fraction of sp³-hybridized carbons (Fsp3) is 0.444. The van der Waals surface area contributed by atoms with Crippen LogP contribution in [0.5, 0.6) is 0 Å². The van der Waals surface area contributed by atoms with Crippen LogP contribution in [-0.2, 0) is 5.88 Å². The van der Waals surface area contributed by atoms with Crippen molar-refractivity contribution >= 4 is 11.6 Å². The van der Waals surface area contributed by atoms with Gasteiger partial charge >= 0.3 is 0 Å². The second kappa shape index (κ2) is 3.22. The summed E-state index contributed by atoms with van der Waals surface area (Å²) in [5.41, 5.74) is 4.52. The lowest BCUT2D eigenvalue weighted by atomic mass is 10.1. The van der Waals surface area contributed by atoms with Crippen LogP contribution in [-0.4, -0.2) is 4.98 Å². The Labute approximate surface area is 72.4 Å². The molecule has 0 saturated heterocycles. The molecule has 0 N–H and O–H groups in total. The first kappa shape index (κ1) is 8.54. The SMILES string of the molecule is Cc1cc(C)c(CCl)c(C)n1. The summed E-state index contributed by atoms with van der Waals surface area (Å²) in [4.78, 5) is 4.32. The normalized spacial score (nSPS) is 10.2. The van der Waals surface area contributed by atoms with Crippen LogP contribution >= 0.6 is 11.6 Å². The molecule has 1 aromatic heterocycles. The zero-order valence-corrected chi connectivity index (χ0v) is 7.87. The summed E-state index contributed by atoms with van der Waals surface area (Å²) in [6.07, 6.45) is 0. The van der Waals surface area contributed by atoms with Crippen LogP contribution in [0.1, 0.15) is 22.5 Å². The maximum atomic E-state index is 5.75. The van der Waals surface area contributed by atoms with E-state index in [2.05, 4.69) is 18.0 Å². The van der Waals surface area contributed by atoms with E-state index in [9.17, 15) is 0 Å². The van der Waals surface area contributed by atoms with Crippen molar-refractivity contribution in [2.24, 2.45) is 0 Å². The molecule has 0 unspecified atom stereocenters. The molecule has 11 heavy (non-hydrogen) atoms. The Kier molecular flexibility index (Phi) is 2.50. The van der Waals surface area contributed by atoms with Gasteiger partial charge in [-0.25, -0.2) is 0 Å². The molecule has 0 radical (unpaired) electrons. The van der Waals surface area contributed by atoms with E-state index in [4.69, 9.17) is 11.6 Å². The Morgan fingerprint density at radius 1 is 1.36 bits per heavy atom. The number of alkyl halides is 1. The van der Waals surface area contributed by atoms with E-state index in [1.165, 1.54) is 5.56 Å². The molecule has 1 nitrogen and oxygen atoms in total. The number of nitrogens with zero attached hydrogens (tertiary/aromatic N) is 1. The first-order valence-corrected chi connectivity index (χ1v) is 4.18. The summed E-state index contributed by atoms with van der Waals surface area (Å²) in [7, 11) is 0. The van der Waals surface area contributed by atoms with Gasteiger partial charge in [0.1, 0.15) is 0 Å². The Hall–Kier alpha value is -0.560. The minimum absolute atomic E-state index is 0.560. The van der Waals surface area contributed by atoms with Crippen molar-refractivity contribution in [2.45, 2.75) is 26.7 Å². The van der Waals surface area contributed by atoms with Gasteiger partial charge in [-0.3, -0.25) is 4.98 Å². The quantitative estimate of drug-likeness (QED) is 0.590. The molecule has 0 fully saturated rings. The van der Waals surface area contributed by atoms with E-state index in [1.54, 1.807) is 0 Å². The number of hydrogen-bond donors (Lipinski definition) is 0. The molecule has 0 spiro atoms. The monoisotopic (exact) mass is 169 g/mol. The van der Waals surface area contributed by atoms with Crippen molar-refractivity contribution in [3.63, 3.8) is 0 Å². The molecule has 0 atom stereocenters. The van der Waals surface area contributed by atoms with Gasteiger partial charge in [0.15, 0.2) is 0 Å². The first-order chi connectivity index (χ1) is 5.15. The summed E-state index contributed by atoms with van der Waals surface area (Å²) >= 11 is 5.75. The molecular formula is C9H12ClN. The molecule has 0 bridgehead atoms.